The van der Waals surface area contributed by atoms with Crippen LogP contribution < -0.4 is 21.9 Å². The lowest BCUT2D eigenvalue weighted by molar-refractivity contribution is 0.291. The second kappa shape index (κ2) is 5.56. The van der Waals surface area contributed by atoms with Gasteiger partial charge in [0.2, 0.25) is 0 Å². The van der Waals surface area contributed by atoms with Crippen LogP contribution in [0.2, 0.25) is 0 Å². The van der Waals surface area contributed by atoms with Crippen molar-refractivity contribution >= 4 is 5.69 Å². The lowest BCUT2D eigenvalue weighted by atomic mass is 10.3. The van der Waals surface area contributed by atoms with E-state index in [1.165, 1.54) is 0 Å². The van der Waals surface area contributed by atoms with Crippen molar-refractivity contribution < 1.29 is 0 Å². The Balaban J connectivity index is 2.13. The van der Waals surface area contributed by atoms with E-state index in [0.717, 1.165) is 37.7 Å². The number of nitrogens with one attached hydrogen (secondary N) is 1. The molecule has 0 unspecified atom stereocenters. The number of rotatable bonds is 3. The third-order valence-corrected chi connectivity index (χ3v) is 2.87. The van der Waals surface area contributed by atoms with Crippen LogP contribution in [0.4, 0.5) is 5.69 Å². The third-order valence-electron chi connectivity index (χ3n) is 2.87. The van der Waals surface area contributed by atoms with E-state index < -0.39 is 0 Å². The van der Waals surface area contributed by atoms with Crippen LogP contribution in [0, 0.1) is 0 Å². The zero-order chi connectivity index (χ0) is 12.1. The second-order valence-corrected chi connectivity index (χ2v) is 3.97. The van der Waals surface area contributed by atoms with Gasteiger partial charge in [-0.05, 0) is 12.1 Å². The summed E-state index contributed by atoms with van der Waals surface area (Å²) in [6.07, 6.45) is 1.57. The maximum atomic E-state index is 6.10. The van der Waals surface area contributed by atoms with Gasteiger partial charge in [0.05, 0.1) is 5.69 Å². The molecule has 2 rings (SSSR count). The molecule has 0 aliphatic carbocycles. The monoisotopic (exact) mass is 233 g/mol. The van der Waals surface area contributed by atoms with E-state index in [0.29, 0.717) is 0 Å². The predicted molar refractivity (Wildman–Crippen MR) is 69.8 cm³/mol. The van der Waals surface area contributed by atoms with Crippen LogP contribution in [0.1, 0.15) is 0 Å². The number of anilines is 1. The maximum absolute atomic E-state index is 6.10. The van der Waals surface area contributed by atoms with E-state index in [2.05, 4.69) is 10.2 Å². The Morgan fingerprint density at radius 1 is 1.24 bits per heavy atom. The highest BCUT2D eigenvalue weighted by Gasteiger charge is 2.17. The quantitative estimate of drug-likeness (QED) is 0.507. The average Bonchev–Trinajstić information content (AvgIpc) is 2.42. The van der Waals surface area contributed by atoms with Crippen LogP contribution in [-0.4, -0.2) is 31.1 Å². The molecule has 0 aromatic heterocycles. The Morgan fingerprint density at radius 2 is 1.88 bits per heavy atom. The minimum absolute atomic E-state index is 0.845. The highest BCUT2D eigenvalue weighted by molar-refractivity contribution is 5.49. The van der Waals surface area contributed by atoms with Gasteiger partial charge in [-0.15, -0.1) is 0 Å². The molecule has 1 aliphatic rings. The molecule has 0 bridgehead atoms. The van der Waals surface area contributed by atoms with Crippen molar-refractivity contribution in [2.45, 2.75) is 0 Å². The van der Waals surface area contributed by atoms with Crippen LogP contribution in [0.3, 0.4) is 0 Å². The van der Waals surface area contributed by atoms with Gasteiger partial charge in [0, 0.05) is 32.4 Å². The van der Waals surface area contributed by atoms with Crippen LogP contribution in [0.15, 0.2) is 42.4 Å². The molecular formula is C12H19N5. The maximum Gasteiger partial charge on any atom is 0.139 e. The molecule has 5 nitrogen and oxygen atoms in total. The number of benzene rings is 1. The summed E-state index contributed by atoms with van der Waals surface area (Å²) >= 11 is 0. The summed E-state index contributed by atoms with van der Waals surface area (Å²) in [6, 6.07) is 9.81. The fourth-order valence-corrected chi connectivity index (χ4v) is 1.95. The zero-order valence-electron chi connectivity index (χ0n) is 9.84. The molecule has 92 valence electrons. The fourth-order valence-electron chi connectivity index (χ4n) is 1.95. The van der Waals surface area contributed by atoms with Crippen LogP contribution in [-0.2, 0) is 0 Å². The first-order valence-corrected chi connectivity index (χ1v) is 5.80. The smallest absolute Gasteiger partial charge is 0.139 e. The van der Waals surface area contributed by atoms with E-state index >= 15 is 0 Å². The van der Waals surface area contributed by atoms with Gasteiger partial charge >= 0.3 is 0 Å². The van der Waals surface area contributed by atoms with Gasteiger partial charge in [-0.2, -0.15) is 0 Å². The van der Waals surface area contributed by atoms with Crippen molar-refractivity contribution in [3.63, 3.8) is 0 Å². The molecular weight excluding hydrogens is 214 g/mol. The molecule has 1 fully saturated rings. The molecule has 0 amide bonds. The van der Waals surface area contributed by atoms with Crippen LogP contribution in [0.5, 0.6) is 0 Å². The summed E-state index contributed by atoms with van der Waals surface area (Å²) in [5, 5.41) is 4.93. The normalized spacial score (nSPS) is 17.0. The summed E-state index contributed by atoms with van der Waals surface area (Å²) in [7, 11) is 0. The molecule has 5 heteroatoms. The van der Waals surface area contributed by atoms with Crippen molar-refractivity contribution in [2.75, 3.05) is 31.2 Å². The summed E-state index contributed by atoms with van der Waals surface area (Å²) in [5.41, 5.74) is 6.63. The molecule has 1 aromatic carbocycles. The van der Waals surface area contributed by atoms with E-state index in [4.69, 9.17) is 11.6 Å². The largest absolute Gasteiger partial charge is 0.402 e. The van der Waals surface area contributed by atoms with Crippen molar-refractivity contribution in [1.29, 1.82) is 0 Å². The molecule has 17 heavy (non-hydrogen) atoms. The molecule has 0 saturated carbocycles. The molecule has 1 aromatic rings. The summed E-state index contributed by atoms with van der Waals surface area (Å²) in [4.78, 5) is 2.18. The number of piperazine rings is 1. The molecule has 1 heterocycles. The van der Waals surface area contributed by atoms with Crippen LogP contribution >= 0.6 is 0 Å². The summed E-state index contributed by atoms with van der Waals surface area (Å²) in [5.74, 6) is 6.95. The number of hydrazine groups is 1. The van der Waals surface area contributed by atoms with Gasteiger partial charge in [0.25, 0.3) is 0 Å². The average molecular weight is 233 g/mol. The second-order valence-electron chi connectivity index (χ2n) is 3.97. The Hall–Kier alpha value is -1.72. The minimum Gasteiger partial charge on any atom is -0.402 e. The van der Waals surface area contributed by atoms with Gasteiger partial charge in [-0.3, -0.25) is 5.01 Å². The lowest BCUT2D eigenvalue weighted by Gasteiger charge is -2.35. The Morgan fingerprint density at radius 3 is 2.47 bits per heavy atom. The van der Waals surface area contributed by atoms with E-state index in [1.807, 2.05) is 30.3 Å². The number of hydrogen-bond donors (Lipinski definition) is 3. The highest BCUT2D eigenvalue weighted by atomic mass is 15.5. The molecule has 5 N–H and O–H groups in total. The predicted octanol–water partition coefficient (Wildman–Crippen LogP) is 0.0295. The van der Waals surface area contributed by atoms with Gasteiger partial charge in [0.15, 0.2) is 0 Å². The Labute approximate surface area is 102 Å². The first-order valence-electron chi connectivity index (χ1n) is 5.80. The topological polar surface area (TPSA) is 70.5 Å². The molecule has 0 radical (unpaired) electrons. The van der Waals surface area contributed by atoms with Crippen LogP contribution in [0.25, 0.3) is 0 Å². The number of hydrogen-bond acceptors (Lipinski definition) is 5. The number of nitrogens with two attached hydrogens (primary N) is 2. The standard InChI is InChI=1S/C12H19N5/c13-10-12(16-8-6-15-7-9-16)17(14)11-4-2-1-3-5-11/h1-5,10,15H,6-9,13-14H2/b12-10-. The van der Waals surface area contributed by atoms with Crippen molar-refractivity contribution in [1.82, 2.24) is 10.2 Å². The van der Waals surface area contributed by atoms with E-state index in [9.17, 15) is 0 Å². The summed E-state index contributed by atoms with van der Waals surface area (Å²) in [6.45, 7) is 3.76. The lowest BCUT2D eigenvalue weighted by Crippen LogP contribution is -2.48. The van der Waals surface area contributed by atoms with Crippen molar-refractivity contribution in [2.24, 2.45) is 11.6 Å². The Kier molecular flexibility index (Phi) is 3.85. The van der Waals surface area contributed by atoms with Gasteiger partial charge in [-0.1, -0.05) is 18.2 Å². The van der Waals surface area contributed by atoms with Crippen molar-refractivity contribution in [3.05, 3.63) is 42.4 Å². The first-order chi connectivity index (χ1) is 8.33. The first kappa shape index (κ1) is 11.8. The molecule has 1 aliphatic heterocycles. The zero-order valence-corrected chi connectivity index (χ0v) is 9.84. The van der Waals surface area contributed by atoms with Gasteiger partial charge in [0.1, 0.15) is 5.82 Å². The molecule has 1 saturated heterocycles. The third kappa shape index (κ3) is 2.69. The van der Waals surface area contributed by atoms with Gasteiger partial charge in [-0.25, -0.2) is 5.84 Å². The van der Waals surface area contributed by atoms with E-state index in [-0.39, 0.29) is 0 Å². The molecule has 0 spiro atoms. The SMILES string of the molecule is N/C=C(/N1CCNCC1)N(N)c1ccccc1. The number of nitrogens with zero attached hydrogens (tertiary/aromatic N) is 2. The fraction of sp³-hybridized carbons (Fsp3) is 0.333. The van der Waals surface area contributed by atoms with Gasteiger partial charge < -0.3 is 16.0 Å². The number of para-hydroxylation sites is 1. The highest BCUT2D eigenvalue weighted by Crippen LogP contribution is 2.17. The minimum atomic E-state index is 0.845. The van der Waals surface area contributed by atoms with E-state index in [1.54, 1.807) is 11.2 Å². The molecule has 0 atom stereocenters. The van der Waals surface area contributed by atoms with Crippen molar-refractivity contribution in [3.8, 4) is 0 Å². The summed E-state index contributed by atoms with van der Waals surface area (Å²) < 4.78 is 0. The Bertz CT molecular complexity index is 370.